The maximum Gasteiger partial charge on any atom is 0.373 e. The molecule has 1 atom stereocenters. The van der Waals surface area contributed by atoms with Gasteiger partial charge in [0.1, 0.15) is 18.5 Å². The molecule has 0 aliphatic carbocycles. The molecule has 2 aromatic rings. The third kappa shape index (κ3) is 3.71. The molecule has 1 aromatic heterocycles. The number of methoxy groups -OCH3 is 1. The Morgan fingerprint density at radius 1 is 1.25 bits per heavy atom. The Labute approximate surface area is 140 Å². The first-order valence-corrected chi connectivity index (χ1v) is 7.97. The van der Waals surface area contributed by atoms with Crippen LogP contribution < -0.4 is 9.47 Å². The van der Waals surface area contributed by atoms with Gasteiger partial charge in [-0.2, -0.15) is 0 Å². The van der Waals surface area contributed by atoms with Crippen LogP contribution in [0.5, 0.6) is 11.5 Å². The van der Waals surface area contributed by atoms with Gasteiger partial charge in [0.15, 0.2) is 11.5 Å². The van der Waals surface area contributed by atoms with Crippen LogP contribution in [0.3, 0.4) is 0 Å². The van der Waals surface area contributed by atoms with E-state index >= 15 is 0 Å². The van der Waals surface area contributed by atoms with Crippen molar-refractivity contribution in [2.75, 3.05) is 26.8 Å². The number of carbonyl (C=O) groups is 1. The van der Waals surface area contributed by atoms with Crippen LogP contribution in [0.15, 0.2) is 40.8 Å². The largest absolute Gasteiger partial charge is 0.486 e. The number of nitrogens with zero attached hydrogens (tertiary/aromatic N) is 1. The van der Waals surface area contributed by atoms with Crippen LogP contribution >= 0.6 is 0 Å². The van der Waals surface area contributed by atoms with Gasteiger partial charge in [-0.25, -0.2) is 4.79 Å². The zero-order chi connectivity index (χ0) is 16.9. The van der Waals surface area contributed by atoms with Gasteiger partial charge in [0.05, 0.1) is 13.7 Å². The Morgan fingerprint density at radius 2 is 2.04 bits per heavy atom. The molecule has 1 aliphatic rings. The number of furan rings is 1. The minimum atomic E-state index is -0.468. The third-order valence-corrected chi connectivity index (χ3v) is 3.90. The van der Waals surface area contributed by atoms with Gasteiger partial charge >= 0.3 is 5.97 Å². The number of likely N-dealkylation sites (N-methyl/N-ethyl adjacent to an activating group) is 1. The summed E-state index contributed by atoms with van der Waals surface area (Å²) in [5.74, 6) is 2.02. The molecular formula is C18H21NO5. The average Bonchev–Trinajstić information content (AvgIpc) is 3.09. The molecule has 0 amide bonds. The number of benzene rings is 1. The molecular weight excluding hydrogens is 310 g/mol. The number of ether oxygens (including phenoxy) is 3. The van der Waals surface area contributed by atoms with Crippen molar-refractivity contribution in [3.63, 3.8) is 0 Å². The van der Waals surface area contributed by atoms with E-state index in [-0.39, 0.29) is 11.9 Å². The molecule has 0 spiro atoms. The van der Waals surface area contributed by atoms with Crippen LogP contribution in [-0.2, 0) is 11.3 Å². The molecule has 6 nitrogen and oxygen atoms in total. The Balaban J connectivity index is 1.59. The fourth-order valence-electron chi connectivity index (χ4n) is 2.64. The summed E-state index contributed by atoms with van der Waals surface area (Å²) in [7, 11) is 1.33. The summed E-state index contributed by atoms with van der Waals surface area (Å²) < 4.78 is 21.9. The second-order valence-corrected chi connectivity index (χ2v) is 5.58. The molecule has 1 aliphatic heterocycles. The summed E-state index contributed by atoms with van der Waals surface area (Å²) in [6.07, 6.45) is -0.0464. The third-order valence-electron chi connectivity index (χ3n) is 3.90. The van der Waals surface area contributed by atoms with Crippen molar-refractivity contribution in [2.24, 2.45) is 0 Å². The first-order valence-electron chi connectivity index (χ1n) is 7.97. The van der Waals surface area contributed by atoms with E-state index in [1.807, 2.05) is 24.3 Å². The predicted molar refractivity (Wildman–Crippen MR) is 87.4 cm³/mol. The highest BCUT2D eigenvalue weighted by Gasteiger charge is 2.23. The van der Waals surface area contributed by atoms with Gasteiger partial charge in [-0.05, 0) is 30.8 Å². The van der Waals surface area contributed by atoms with E-state index < -0.39 is 5.97 Å². The lowest BCUT2D eigenvalue weighted by atomic mass is 10.2. The minimum absolute atomic E-state index is 0.0464. The van der Waals surface area contributed by atoms with Crippen LogP contribution in [0.2, 0.25) is 0 Å². The molecule has 24 heavy (non-hydrogen) atoms. The smallest absolute Gasteiger partial charge is 0.373 e. The molecule has 1 unspecified atom stereocenters. The molecule has 3 rings (SSSR count). The van der Waals surface area contributed by atoms with Gasteiger partial charge in [-0.1, -0.05) is 19.1 Å². The predicted octanol–water partition coefficient (Wildman–Crippen LogP) is 2.73. The molecule has 0 bridgehead atoms. The number of carbonyl (C=O) groups excluding carboxylic acids is 1. The number of hydrogen-bond acceptors (Lipinski definition) is 6. The average molecular weight is 331 g/mol. The quantitative estimate of drug-likeness (QED) is 0.759. The molecule has 0 saturated carbocycles. The second kappa shape index (κ2) is 7.40. The van der Waals surface area contributed by atoms with Crippen LogP contribution in [0.1, 0.15) is 23.2 Å². The zero-order valence-electron chi connectivity index (χ0n) is 13.9. The summed E-state index contributed by atoms with van der Waals surface area (Å²) in [5, 5.41) is 0. The van der Waals surface area contributed by atoms with Gasteiger partial charge in [-0.3, -0.25) is 4.90 Å². The van der Waals surface area contributed by atoms with Crippen molar-refractivity contribution in [1.82, 2.24) is 4.90 Å². The number of fused-ring (bicyclic) bond motifs is 1. The molecule has 0 radical (unpaired) electrons. The van der Waals surface area contributed by atoms with Crippen molar-refractivity contribution in [2.45, 2.75) is 19.6 Å². The van der Waals surface area contributed by atoms with E-state index in [4.69, 9.17) is 13.9 Å². The van der Waals surface area contributed by atoms with Gasteiger partial charge in [0.25, 0.3) is 0 Å². The monoisotopic (exact) mass is 331 g/mol. The molecule has 0 fully saturated rings. The molecule has 2 heterocycles. The standard InChI is InChI=1S/C18H21NO5/c1-3-19(10-13-8-9-17(23-13)18(20)21-2)11-14-12-22-15-6-4-5-7-16(15)24-14/h4-9,14H,3,10-12H2,1-2H3. The normalized spacial score (nSPS) is 16.2. The van der Waals surface area contributed by atoms with Gasteiger partial charge < -0.3 is 18.6 Å². The lowest BCUT2D eigenvalue weighted by Crippen LogP contribution is -2.40. The van der Waals surface area contributed by atoms with Crippen LogP contribution in [0, 0.1) is 0 Å². The van der Waals surface area contributed by atoms with E-state index in [2.05, 4.69) is 16.6 Å². The van der Waals surface area contributed by atoms with E-state index in [0.29, 0.717) is 19.7 Å². The first kappa shape index (κ1) is 16.4. The lowest BCUT2D eigenvalue weighted by Gasteiger charge is -2.30. The highest BCUT2D eigenvalue weighted by Crippen LogP contribution is 2.31. The maximum atomic E-state index is 11.4. The van der Waals surface area contributed by atoms with E-state index in [1.54, 1.807) is 12.1 Å². The minimum Gasteiger partial charge on any atom is -0.486 e. The topological polar surface area (TPSA) is 61.1 Å². The molecule has 1 aromatic carbocycles. The van der Waals surface area contributed by atoms with Crippen molar-refractivity contribution in [3.05, 3.63) is 47.9 Å². The van der Waals surface area contributed by atoms with E-state index in [1.165, 1.54) is 7.11 Å². The SMILES string of the molecule is CCN(Cc1ccc(C(=O)OC)o1)CC1COc2ccccc2O1. The van der Waals surface area contributed by atoms with Crippen LogP contribution in [0.4, 0.5) is 0 Å². The number of hydrogen-bond donors (Lipinski definition) is 0. The second-order valence-electron chi connectivity index (χ2n) is 5.58. The molecule has 0 saturated heterocycles. The van der Waals surface area contributed by atoms with Crippen molar-refractivity contribution in [3.8, 4) is 11.5 Å². The molecule has 6 heteroatoms. The van der Waals surface area contributed by atoms with Crippen molar-refractivity contribution in [1.29, 1.82) is 0 Å². The van der Waals surface area contributed by atoms with Gasteiger partial charge in [-0.15, -0.1) is 0 Å². The van der Waals surface area contributed by atoms with Gasteiger partial charge in [0.2, 0.25) is 5.76 Å². The fraction of sp³-hybridized carbons (Fsp3) is 0.389. The zero-order valence-corrected chi connectivity index (χ0v) is 13.9. The maximum absolute atomic E-state index is 11.4. The summed E-state index contributed by atoms with van der Waals surface area (Å²) in [6.45, 7) is 4.71. The number of rotatable bonds is 6. The van der Waals surface area contributed by atoms with Crippen molar-refractivity contribution >= 4 is 5.97 Å². The Hall–Kier alpha value is -2.47. The molecule has 0 N–H and O–H groups in total. The summed E-state index contributed by atoms with van der Waals surface area (Å²) in [4.78, 5) is 13.6. The summed E-state index contributed by atoms with van der Waals surface area (Å²) in [6, 6.07) is 11.1. The lowest BCUT2D eigenvalue weighted by molar-refractivity contribution is 0.0530. The van der Waals surface area contributed by atoms with Crippen LogP contribution in [-0.4, -0.2) is 43.8 Å². The van der Waals surface area contributed by atoms with Gasteiger partial charge in [0, 0.05) is 6.54 Å². The van der Waals surface area contributed by atoms with E-state index in [0.717, 1.165) is 23.8 Å². The Morgan fingerprint density at radius 3 is 2.79 bits per heavy atom. The summed E-state index contributed by atoms with van der Waals surface area (Å²) in [5.41, 5.74) is 0. The van der Waals surface area contributed by atoms with E-state index in [9.17, 15) is 4.79 Å². The van der Waals surface area contributed by atoms with Crippen molar-refractivity contribution < 1.29 is 23.4 Å². The Kier molecular flexibility index (Phi) is 5.05. The number of para-hydroxylation sites is 2. The van der Waals surface area contributed by atoms with Crippen LogP contribution in [0.25, 0.3) is 0 Å². The summed E-state index contributed by atoms with van der Waals surface area (Å²) >= 11 is 0. The fourth-order valence-corrected chi connectivity index (χ4v) is 2.64. The highest BCUT2D eigenvalue weighted by molar-refractivity contribution is 5.86. The first-order chi connectivity index (χ1) is 11.7. The Bertz CT molecular complexity index is 696. The molecule has 128 valence electrons. The number of esters is 1. The highest BCUT2D eigenvalue weighted by atomic mass is 16.6.